The maximum absolute atomic E-state index is 12.4. The maximum Gasteiger partial charge on any atom is 0.338 e. The van der Waals surface area contributed by atoms with E-state index in [1.54, 1.807) is 0 Å². The van der Waals surface area contributed by atoms with Crippen LogP contribution < -0.4 is 5.32 Å². The summed E-state index contributed by atoms with van der Waals surface area (Å²) in [6, 6.07) is 16.8. The highest BCUT2D eigenvalue weighted by Crippen LogP contribution is 2.49. The van der Waals surface area contributed by atoms with Crippen molar-refractivity contribution < 1.29 is 9.53 Å². The Bertz CT molecular complexity index is 825. The number of benzene rings is 2. The number of fused-ring (bicyclic) bond motifs is 3. The van der Waals surface area contributed by atoms with Crippen molar-refractivity contribution in [3.8, 4) is 0 Å². The molecule has 1 aliphatic heterocycles. The van der Waals surface area contributed by atoms with Gasteiger partial charge in [-0.1, -0.05) is 56.3 Å². The van der Waals surface area contributed by atoms with Crippen molar-refractivity contribution in [2.75, 3.05) is 11.9 Å². The molecule has 1 N–H and O–H groups in total. The van der Waals surface area contributed by atoms with Crippen LogP contribution in [0.4, 0.5) is 5.69 Å². The zero-order chi connectivity index (χ0) is 18.1. The van der Waals surface area contributed by atoms with Gasteiger partial charge >= 0.3 is 5.97 Å². The highest BCUT2D eigenvalue weighted by Gasteiger charge is 2.38. The lowest BCUT2D eigenvalue weighted by Crippen LogP contribution is -2.29. The lowest BCUT2D eigenvalue weighted by Gasteiger charge is -2.37. The van der Waals surface area contributed by atoms with Gasteiger partial charge in [-0.25, -0.2) is 4.79 Å². The van der Waals surface area contributed by atoms with Crippen LogP contribution in [0.5, 0.6) is 0 Å². The Morgan fingerprint density at radius 2 is 2.00 bits per heavy atom. The van der Waals surface area contributed by atoms with Crippen LogP contribution in [0.25, 0.3) is 0 Å². The first kappa shape index (κ1) is 16.9. The summed E-state index contributed by atoms with van der Waals surface area (Å²) in [7, 11) is 0. The molecule has 26 heavy (non-hydrogen) atoms. The summed E-state index contributed by atoms with van der Waals surface area (Å²) < 4.78 is 5.40. The fraction of sp³-hybridized carbons (Fsp3) is 0.348. The molecule has 3 atom stereocenters. The van der Waals surface area contributed by atoms with Crippen LogP contribution in [-0.2, 0) is 4.74 Å². The third-order valence-corrected chi connectivity index (χ3v) is 5.30. The summed E-state index contributed by atoms with van der Waals surface area (Å²) in [6.07, 6.45) is 5.62. The predicted octanol–water partition coefficient (Wildman–Crippen LogP) is 5.33. The van der Waals surface area contributed by atoms with Crippen molar-refractivity contribution in [2.45, 2.75) is 32.2 Å². The Hall–Kier alpha value is -2.55. The van der Waals surface area contributed by atoms with Crippen molar-refractivity contribution >= 4 is 11.7 Å². The number of carbonyl (C=O) groups excluding carboxylic acids is 1. The fourth-order valence-electron chi connectivity index (χ4n) is 4.04. The van der Waals surface area contributed by atoms with Crippen LogP contribution in [0.2, 0.25) is 0 Å². The standard InChI is InChI=1S/C23H25NO2/c1-15(2)14-26-23(25)17-11-12-21-20(13-17)18-9-6-10-19(18)22(24-21)16-7-4-3-5-8-16/h3-9,11-13,15,18-19,22,24H,10,14H2,1-2H3/t18-,19+,22-/m1/s1. The van der Waals surface area contributed by atoms with E-state index in [0.29, 0.717) is 36.0 Å². The van der Waals surface area contributed by atoms with Crippen LogP contribution in [0.3, 0.4) is 0 Å². The third kappa shape index (κ3) is 3.14. The quantitative estimate of drug-likeness (QED) is 0.600. The molecule has 0 aromatic heterocycles. The fourth-order valence-corrected chi connectivity index (χ4v) is 4.04. The molecule has 2 aromatic carbocycles. The smallest absolute Gasteiger partial charge is 0.338 e. The Balaban J connectivity index is 1.64. The van der Waals surface area contributed by atoms with Crippen molar-refractivity contribution in [3.05, 3.63) is 77.4 Å². The summed E-state index contributed by atoms with van der Waals surface area (Å²) in [5.41, 5.74) is 4.28. The number of esters is 1. The average molecular weight is 347 g/mol. The normalized spacial score (nSPS) is 23.3. The van der Waals surface area contributed by atoms with Gasteiger partial charge in [0.2, 0.25) is 0 Å². The van der Waals surface area contributed by atoms with E-state index < -0.39 is 0 Å². The second kappa shape index (κ2) is 6.99. The Morgan fingerprint density at radius 1 is 1.19 bits per heavy atom. The van der Waals surface area contributed by atoms with Crippen molar-refractivity contribution in [1.82, 2.24) is 0 Å². The van der Waals surface area contributed by atoms with E-state index in [-0.39, 0.29) is 5.97 Å². The van der Waals surface area contributed by atoms with Crippen LogP contribution in [-0.4, -0.2) is 12.6 Å². The van der Waals surface area contributed by atoms with E-state index in [1.807, 2.05) is 32.0 Å². The van der Waals surface area contributed by atoms with Gasteiger partial charge in [-0.15, -0.1) is 0 Å². The lowest BCUT2D eigenvalue weighted by molar-refractivity contribution is 0.0459. The van der Waals surface area contributed by atoms with E-state index in [1.165, 1.54) is 11.1 Å². The minimum Gasteiger partial charge on any atom is -0.462 e. The van der Waals surface area contributed by atoms with E-state index in [4.69, 9.17) is 4.74 Å². The highest BCUT2D eigenvalue weighted by molar-refractivity contribution is 5.90. The summed E-state index contributed by atoms with van der Waals surface area (Å²) in [4.78, 5) is 12.4. The molecular weight excluding hydrogens is 322 g/mol. The highest BCUT2D eigenvalue weighted by atomic mass is 16.5. The molecule has 1 aliphatic carbocycles. The molecule has 0 saturated heterocycles. The van der Waals surface area contributed by atoms with Crippen molar-refractivity contribution in [2.24, 2.45) is 11.8 Å². The molecule has 0 fully saturated rings. The molecule has 0 unspecified atom stereocenters. The number of nitrogens with one attached hydrogen (secondary N) is 1. The zero-order valence-electron chi connectivity index (χ0n) is 15.3. The minimum atomic E-state index is -0.231. The molecule has 134 valence electrons. The predicted molar refractivity (Wildman–Crippen MR) is 104 cm³/mol. The first-order valence-corrected chi connectivity index (χ1v) is 9.42. The molecular formula is C23H25NO2. The number of anilines is 1. The van der Waals surface area contributed by atoms with Gasteiger partial charge in [-0.05, 0) is 47.6 Å². The van der Waals surface area contributed by atoms with E-state index in [0.717, 1.165) is 12.1 Å². The number of ether oxygens (including phenoxy) is 1. The van der Waals surface area contributed by atoms with Crippen molar-refractivity contribution in [1.29, 1.82) is 0 Å². The van der Waals surface area contributed by atoms with E-state index in [9.17, 15) is 4.79 Å². The molecule has 0 spiro atoms. The molecule has 2 aliphatic rings. The number of carbonyl (C=O) groups is 1. The number of allylic oxidation sites excluding steroid dienone is 2. The molecule has 0 bridgehead atoms. The Labute approximate surface area is 155 Å². The summed E-state index contributed by atoms with van der Waals surface area (Å²) >= 11 is 0. The topological polar surface area (TPSA) is 38.3 Å². The van der Waals surface area contributed by atoms with Gasteiger partial charge in [0.05, 0.1) is 18.2 Å². The molecule has 0 radical (unpaired) electrons. The van der Waals surface area contributed by atoms with E-state index in [2.05, 4.69) is 47.8 Å². The van der Waals surface area contributed by atoms with Gasteiger partial charge in [-0.3, -0.25) is 0 Å². The van der Waals surface area contributed by atoms with Crippen LogP contribution >= 0.6 is 0 Å². The van der Waals surface area contributed by atoms with Gasteiger partial charge in [0, 0.05) is 11.6 Å². The van der Waals surface area contributed by atoms with Gasteiger partial charge < -0.3 is 10.1 Å². The average Bonchev–Trinajstić information content (AvgIpc) is 3.16. The maximum atomic E-state index is 12.4. The van der Waals surface area contributed by atoms with Crippen LogP contribution in [0.15, 0.2) is 60.7 Å². The van der Waals surface area contributed by atoms with Crippen LogP contribution in [0, 0.1) is 11.8 Å². The lowest BCUT2D eigenvalue weighted by atomic mass is 9.76. The molecule has 3 heteroatoms. The molecule has 0 saturated carbocycles. The van der Waals surface area contributed by atoms with Gasteiger partial charge in [-0.2, -0.15) is 0 Å². The summed E-state index contributed by atoms with van der Waals surface area (Å²) in [5.74, 6) is 0.929. The van der Waals surface area contributed by atoms with Gasteiger partial charge in [0.15, 0.2) is 0 Å². The van der Waals surface area contributed by atoms with Crippen molar-refractivity contribution in [3.63, 3.8) is 0 Å². The number of rotatable bonds is 4. The Kier molecular flexibility index (Phi) is 4.54. The number of hydrogen-bond donors (Lipinski definition) is 1. The van der Waals surface area contributed by atoms with Gasteiger partial charge in [0.25, 0.3) is 0 Å². The monoisotopic (exact) mass is 347 g/mol. The third-order valence-electron chi connectivity index (χ3n) is 5.30. The van der Waals surface area contributed by atoms with E-state index >= 15 is 0 Å². The second-order valence-electron chi connectivity index (χ2n) is 7.68. The molecule has 3 nitrogen and oxygen atoms in total. The largest absolute Gasteiger partial charge is 0.462 e. The first-order valence-electron chi connectivity index (χ1n) is 9.42. The molecule has 1 heterocycles. The SMILES string of the molecule is CC(C)COC(=O)c1ccc2c(c1)[C@@H]1C=CC[C@@H]1[C@@H](c1ccccc1)N2. The van der Waals surface area contributed by atoms with Gasteiger partial charge in [0.1, 0.15) is 0 Å². The number of hydrogen-bond acceptors (Lipinski definition) is 3. The first-order chi connectivity index (χ1) is 12.6. The minimum absolute atomic E-state index is 0.231. The second-order valence-corrected chi connectivity index (χ2v) is 7.68. The Morgan fingerprint density at radius 3 is 2.77 bits per heavy atom. The summed E-state index contributed by atoms with van der Waals surface area (Å²) in [5, 5.41) is 3.71. The molecule has 2 aromatic rings. The molecule has 4 rings (SSSR count). The molecule has 0 amide bonds. The van der Waals surface area contributed by atoms with Crippen LogP contribution in [0.1, 0.15) is 53.7 Å². The summed E-state index contributed by atoms with van der Waals surface area (Å²) in [6.45, 7) is 4.54. The zero-order valence-corrected chi connectivity index (χ0v) is 15.3.